The second-order valence-corrected chi connectivity index (χ2v) is 9.14. The van der Waals surface area contributed by atoms with E-state index < -0.39 is 0 Å². The highest BCUT2D eigenvalue weighted by molar-refractivity contribution is 7.99. The minimum absolute atomic E-state index is 0.0845. The van der Waals surface area contributed by atoms with E-state index >= 15 is 0 Å². The molecule has 3 aromatic rings. The maximum absolute atomic E-state index is 13.1. The van der Waals surface area contributed by atoms with E-state index in [0.717, 1.165) is 24.9 Å². The molecule has 0 spiro atoms. The van der Waals surface area contributed by atoms with Gasteiger partial charge in [-0.3, -0.25) is 18.6 Å². The lowest BCUT2D eigenvalue weighted by atomic mass is 9.94. The Bertz CT molecular complexity index is 1140. The van der Waals surface area contributed by atoms with E-state index in [1.165, 1.54) is 31.0 Å². The van der Waals surface area contributed by atoms with Crippen LogP contribution >= 0.6 is 11.8 Å². The summed E-state index contributed by atoms with van der Waals surface area (Å²) in [6.07, 6.45) is 6.55. The number of para-hydroxylation sites is 1. The fourth-order valence-electron chi connectivity index (χ4n) is 4.64. The number of ether oxygens (including phenoxy) is 1. The van der Waals surface area contributed by atoms with Gasteiger partial charge in [-0.05, 0) is 38.3 Å². The lowest BCUT2D eigenvalue weighted by Crippen LogP contribution is -2.42. The molecule has 0 atom stereocenters. The first kappa shape index (κ1) is 22.8. The molecule has 0 radical (unpaired) electrons. The number of aryl methyl sites for hydroxylation is 1. The van der Waals surface area contributed by atoms with E-state index in [0.29, 0.717) is 47.7 Å². The van der Waals surface area contributed by atoms with Crippen LogP contribution in [0.15, 0.2) is 34.2 Å². The van der Waals surface area contributed by atoms with Gasteiger partial charge >= 0.3 is 0 Å². The number of benzene rings is 1. The number of aromatic nitrogens is 4. The number of carbonyl (C=O) groups is 1. The van der Waals surface area contributed by atoms with Crippen molar-refractivity contribution in [2.45, 2.75) is 63.2 Å². The van der Waals surface area contributed by atoms with Crippen molar-refractivity contribution in [3.05, 3.63) is 34.6 Å². The van der Waals surface area contributed by atoms with E-state index in [4.69, 9.17) is 4.74 Å². The van der Waals surface area contributed by atoms with E-state index in [2.05, 4.69) is 17.1 Å². The smallest absolute Gasteiger partial charge is 0.262 e. The Labute approximate surface area is 191 Å². The zero-order valence-corrected chi connectivity index (χ0v) is 19.6. The van der Waals surface area contributed by atoms with Crippen LogP contribution in [0.5, 0.6) is 0 Å². The van der Waals surface area contributed by atoms with Gasteiger partial charge in [0.25, 0.3) is 5.56 Å². The molecule has 4 rings (SSSR count). The number of fused-ring (bicyclic) bond motifs is 3. The Morgan fingerprint density at radius 2 is 2.00 bits per heavy atom. The highest BCUT2D eigenvalue weighted by atomic mass is 32.2. The van der Waals surface area contributed by atoms with Crippen molar-refractivity contribution in [3.8, 4) is 0 Å². The Kier molecular flexibility index (Phi) is 7.47. The number of hydrogen-bond acceptors (Lipinski definition) is 6. The van der Waals surface area contributed by atoms with Crippen LogP contribution in [0, 0.1) is 0 Å². The number of rotatable bonds is 9. The van der Waals surface area contributed by atoms with Crippen molar-refractivity contribution in [2.24, 2.45) is 0 Å². The van der Waals surface area contributed by atoms with Crippen molar-refractivity contribution in [2.75, 3.05) is 26.0 Å². The lowest BCUT2D eigenvalue weighted by molar-refractivity contribution is -0.131. The summed E-state index contributed by atoms with van der Waals surface area (Å²) in [6.45, 7) is 3.83. The summed E-state index contributed by atoms with van der Waals surface area (Å²) in [6, 6.07) is 7.84. The molecule has 8 nitrogen and oxygen atoms in total. The largest absolute Gasteiger partial charge is 0.385 e. The third-order valence-corrected chi connectivity index (χ3v) is 7.12. The normalized spacial score (nSPS) is 14.9. The molecule has 2 aromatic heterocycles. The minimum Gasteiger partial charge on any atom is -0.385 e. The summed E-state index contributed by atoms with van der Waals surface area (Å²) in [4.78, 5) is 28.2. The SMILES string of the molecule is CCN(C(=O)CSc1nnc2n(CCCOC)c(=O)c3ccccc3n12)C1CCCCC1. The van der Waals surface area contributed by atoms with E-state index in [1.807, 2.05) is 33.6 Å². The van der Waals surface area contributed by atoms with Crippen LogP contribution < -0.4 is 5.56 Å². The fourth-order valence-corrected chi connectivity index (χ4v) is 5.46. The minimum atomic E-state index is -0.0845. The Morgan fingerprint density at radius 3 is 2.75 bits per heavy atom. The number of nitrogens with zero attached hydrogens (tertiary/aromatic N) is 5. The molecule has 1 saturated carbocycles. The van der Waals surface area contributed by atoms with Crippen molar-refractivity contribution >= 4 is 34.3 Å². The molecule has 0 aliphatic heterocycles. The number of methoxy groups -OCH3 is 1. The number of thioether (sulfide) groups is 1. The number of amides is 1. The second-order valence-electron chi connectivity index (χ2n) is 8.20. The molecule has 32 heavy (non-hydrogen) atoms. The predicted octanol–water partition coefficient (Wildman–Crippen LogP) is 3.35. The number of carbonyl (C=O) groups excluding carboxylic acids is 1. The third kappa shape index (κ3) is 4.54. The Morgan fingerprint density at radius 1 is 1.22 bits per heavy atom. The van der Waals surface area contributed by atoms with Gasteiger partial charge in [-0.15, -0.1) is 10.2 Å². The first-order valence-electron chi connectivity index (χ1n) is 11.4. The zero-order valence-electron chi connectivity index (χ0n) is 18.8. The molecule has 1 amide bonds. The monoisotopic (exact) mass is 457 g/mol. The molecule has 2 heterocycles. The molecule has 0 bridgehead atoms. The topological polar surface area (TPSA) is 81.7 Å². The van der Waals surface area contributed by atoms with Gasteiger partial charge in [0.2, 0.25) is 11.7 Å². The zero-order chi connectivity index (χ0) is 22.5. The molecule has 1 aliphatic rings. The average molecular weight is 458 g/mol. The number of hydrogen-bond donors (Lipinski definition) is 0. The fraction of sp³-hybridized carbons (Fsp3) is 0.565. The molecule has 0 N–H and O–H groups in total. The Hall–Kier alpha value is -2.39. The van der Waals surface area contributed by atoms with Crippen molar-refractivity contribution in [1.82, 2.24) is 24.1 Å². The third-order valence-electron chi connectivity index (χ3n) is 6.21. The van der Waals surface area contributed by atoms with Gasteiger partial charge in [-0.1, -0.05) is 43.2 Å². The molecule has 9 heteroatoms. The molecule has 0 unspecified atom stereocenters. The first-order valence-corrected chi connectivity index (χ1v) is 12.4. The lowest BCUT2D eigenvalue weighted by Gasteiger charge is -2.33. The van der Waals surface area contributed by atoms with Crippen LogP contribution in [0.4, 0.5) is 0 Å². The molecule has 1 aliphatic carbocycles. The molecule has 0 saturated heterocycles. The van der Waals surface area contributed by atoms with E-state index in [-0.39, 0.29) is 11.5 Å². The van der Waals surface area contributed by atoms with Crippen LogP contribution in [0.1, 0.15) is 45.4 Å². The molecular weight excluding hydrogens is 426 g/mol. The van der Waals surface area contributed by atoms with Crippen molar-refractivity contribution in [3.63, 3.8) is 0 Å². The van der Waals surface area contributed by atoms with Gasteiger partial charge in [-0.2, -0.15) is 0 Å². The maximum atomic E-state index is 13.1. The van der Waals surface area contributed by atoms with Crippen LogP contribution in [0.2, 0.25) is 0 Å². The summed E-state index contributed by atoms with van der Waals surface area (Å²) in [5.74, 6) is 0.945. The standard InChI is InChI=1S/C23H31N5O3S/c1-3-26(17-10-5-4-6-11-17)20(29)16-32-23-25-24-22-27(14-9-15-31-2)21(30)18-12-7-8-13-19(18)28(22)23/h7-8,12-13,17H,3-6,9-11,14-16H2,1-2H3. The highest BCUT2D eigenvalue weighted by Gasteiger charge is 2.25. The van der Waals surface area contributed by atoms with Gasteiger partial charge in [0, 0.05) is 32.8 Å². The predicted molar refractivity (Wildman–Crippen MR) is 126 cm³/mol. The maximum Gasteiger partial charge on any atom is 0.262 e. The second kappa shape index (κ2) is 10.5. The van der Waals surface area contributed by atoms with Crippen LogP contribution in [0.25, 0.3) is 16.7 Å². The molecule has 172 valence electrons. The van der Waals surface area contributed by atoms with E-state index in [9.17, 15) is 9.59 Å². The van der Waals surface area contributed by atoms with Crippen LogP contribution in [0.3, 0.4) is 0 Å². The van der Waals surface area contributed by atoms with Gasteiger partial charge < -0.3 is 9.64 Å². The summed E-state index contributed by atoms with van der Waals surface area (Å²) in [5, 5.41) is 9.93. The Balaban J connectivity index is 1.63. The van der Waals surface area contributed by atoms with Crippen LogP contribution in [-0.2, 0) is 16.1 Å². The van der Waals surface area contributed by atoms with E-state index in [1.54, 1.807) is 11.7 Å². The molecule has 1 fully saturated rings. The summed E-state index contributed by atoms with van der Waals surface area (Å²) >= 11 is 1.39. The van der Waals surface area contributed by atoms with Crippen molar-refractivity contribution < 1.29 is 9.53 Å². The van der Waals surface area contributed by atoms with Gasteiger partial charge in [0.1, 0.15) is 0 Å². The molecule has 1 aromatic carbocycles. The van der Waals surface area contributed by atoms with Gasteiger partial charge in [0.15, 0.2) is 5.16 Å². The molecular formula is C23H31N5O3S. The first-order chi connectivity index (χ1) is 15.7. The quantitative estimate of drug-likeness (QED) is 0.362. The highest BCUT2D eigenvalue weighted by Crippen LogP contribution is 2.25. The van der Waals surface area contributed by atoms with Gasteiger partial charge in [-0.25, -0.2) is 0 Å². The summed E-state index contributed by atoms with van der Waals surface area (Å²) in [5.41, 5.74) is 0.675. The average Bonchev–Trinajstić information content (AvgIpc) is 3.25. The van der Waals surface area contributed by atoms with Crippen LogP contribution in [-0.4, -0.2) is 62.0 Å². The summed E-state index contributed by atoms with van der Waals surface area (Å²) < 4.78 is 8.71. The van der Waals surface area contributed by atoms with Crippen molar-refractivity contribution in [1.29, 1.82) is 0 Å². The van der Waals surface area contributed by atoms with Gasteiger partial charge in [0.05, 0.1) is 16.7 Å². The summed E-state index contributed by atoms with van der Waals surface area (Å²) in [7, 11) is 1.65.